The van der Waals surface area contributed by atoms with E-state index in [9.17, 15) is 10.1 Å². The van der Waals surface area contributed by atoms with Crippen molar-refractivity contribution in [1.29, 1.82) is 5.26 Å². The molecule has 22 heavy (non-hydrogen) atoms. The van der Waals surface area contributed by atoms with Gasteiger partial charge in [0.2, 0.25) is 5.91 Å². The summed E-state index contributed by atoms with van der Waals surface area (Å²) in [7, 11) is 0. The van der Waals surface area contributed by atoms with Crippen molar-refractivity contribution >= 4 is 5.91 Å². The molecule has 6 nitrogen and oxygen atoms in total. The molecule has 0 aromatic rings. The number of carbonyl (C=O) groups is 1. The normalized spacial score (nSPS) is 26.9. The molecule has 3 fully saturated rings. The number of hydrogen-bond acceptors (Lipinski definition) is 5. The summed E-state index contributed by atoms with van der Waals surface area (Å²) in [4.78, 5) is 14.4. The zero-order chi connectivity index (χ0) is 15.4. The lowest BCUT2D eigenvalue weighted by atomic mass is 9.96. The number of amides is 1. The molecule has 1 amide bonds. The molecule has 0 radical (unpaired) electrons. The highest BCUT2D eigenvalue weighted by atomic mass is 16.7. The minimum absolute atomic E-state index is 0.0183. The lowest BCUT2D eigenvalue weighted by Crippen LogP contribution is -2.50. The summed E-state index contributed by atoms with van der Waals surface area (Å²) in [5, 5.41) is 12.3. The van der Waals surface area contributed by atoms with Gasteiger partial charge in [-0.05, 0) is 51.6 Å². The molecule has 1 saturated carbocycles. The van der Waals surface area contributed by atoms with Crippen LogP contribution < -0.4 is 5.32 Å². The summed E-state index contributed by atoms with van der Waals surface area (Å²) >= 11 is 0. The van der Waals surface area contributed by atoms with E-state index in [-0.39, 0.29) is 12.2 Å². The van der Waals surface area contributed by atoms with Crippen LogP contribution >= 0.6 is 0 Å². The molecule has 0 aromatic heterocycles. The molecule has 0 atom stereocenters. The minimum atomic E-state index is -0.610. The van der Waals surface area contributed by atoms with Gasteiger partial charge in [0.25, 0.3) is 0 Å². The predicted molar refractivity (Wildman–Crippen MR) is 79.8 cm³/mol. The number of hydrogen-bond donors (Lipinski definition) is 1. The van der Waals surface area contributed by atoms with Crippen molar-refractivity contribution in [2.45, 2.75) is 50.4 Å². The first kappa shape index (κ1) is 15.7. The number of nitrogens with zero attached hydrogens (tertiary/aromatic N) is 2. The van der Waals surface area contributed by atoms with Gasteiger partial charge < -0.3 is 14.8 Å². The summed E-state index contributed by atoms with van der Waals surface area (Å²) in [5.41, 5.74) is -0.610. The van der Waals surface area contributed by atoms with Crippen LogP contribution in [-0.4, -0.2) is 55.5 Å². The largest absolute Gasteiger partial charge is 0.350 e. The molecule has 122 valence electrons. The molecular formula is C16H25N3O3. The van der Waals surface area contributed by atoms with Crippen LogP contribution in [0.25, 0.3) is 0 Å². The Bertz CT molecular complexity index is 428. The molecule has 2 heterocycles. The maximum Gasteiger partial charge on any atom is 0.235 e. The maximum atomic E-state index is 12.2. The van der Waals surface area contributed by atoms with Gasteiger partial charge in [-0.25, -0.2) is 0 Å². The Morgan fingerprint density at radius 3 is 2.45 bits per heavy atom. The number of piperidine rings is 1. The van der Waals surface area contributed by atoms with E-state index in [1.807, 2.05) is 0 Å². The molecular weight excluding hydrogens is 282 g/mol. The number of nitrogens with one attached hydrogen (secondary N) is 1. The molecule has 2 aliphatic heterocycles. The number of likely N-dealkylation sites (tertiary alicyclic amines) is 1. The van der Waals surface area contributed by atoms with Gasteiger partial charge in [-0.2, -0.15) is 5.26 Å². The Labute approximate surface area is 131 Å². The summed E-state index contributed by atoms with van der Waals surface area (Å²) in [5.74, 6) is 0.428. The highest BCUT2D eigenvalue weighted by Gasteiger charge is 2.36. The summed E-state index contributed by atoms with van der Waals surface area (Å²) < 4.78 is 11.1. The first-order valence-electron chi connectivity index (χ1n) is 8.39. The minimum Gasteiger partial charge on any atom is -0.350 e. The van der Waals surface area contributed by atoms with Gasteiger partial charge in [0.1, 0.15) is 5.54 Å². The van der Waals surface area contributed by atoms with Crippen LogP contribution in [0.2, 0.25) is 0 Å². The highest BCUT2D eigenvalue weighted by Crippen LogP contribution is 2.29. The van der Waals surface area contributed by atoms with Gasteiger partial charge in [0.15, 0.2) is 6.29 Å². The number of rotatable bonds is 4. The number of nitriles is 1. The smallest absolute Gasteiger partial charge is 0.235 e. The molecule has 6 heteroatoms. The quantitative estimate of drug-likeness (QED) is 0.839. The molecule has 1 aliphatic carbocycles. The summed E-state index contributed by atoms with van der Waals surface area (Å²) in [6.07, 6.45) is 5.59. The van der Waals surface area contributed by atoms with Gasteiger partial charge in [-0.3, -0.25) is 9.69 Å². The van der Waals surface area contributed by atoms with Crippen molar-refractivity contribution in [1.82, 2.24) is 10.2 Å². The zero-order valence-corrected chi connectivity index (χ0v) is 13.1. The summed E-state index contributed by atoms with van der Waals surface area (Å²) in [6, 6.07) is 2.31. The number of ether oxygens (including phenoxy) is 2. The van der Waals surface area contributed by atoms with E-state index >= 15 is 0 Å². The van der Waals surface area contributed by atoms with E-state index in [2.05, 4.69) is 16.3 Å². The average Bonchev–Trinajstić information content (AvgIpc) is 3.20. The van der Waals surface area contributed by atoms with Gasteiger partial charge in [-0.1, -0.05) is 0 Å². The van der Waals surface area contributed by atoms with Crippen LogP contribution in [0.3, 0.4) is 0 Å². The van der Waals surface area contributed by atoms with Crippen LogP contribution in [0, 0.1) is 17.2 Å². The second-order valence-electron chi connectivity index (χ2n) is 6.67. The first-order valence-corrected chi connectivity index (χ1v) is 8.39. The lowest BCUT2D eigenvalue weighted by molar-refractivity contribution is -0.125. The first-order chi connectivity index (χ1) is 10.7. The van der Waals surface area contributed by atoms with Crippen LogP contribution in [0.1, 0.15) is 38.5 Å². The fraction of sp³-hybridized carbons (Fsp3) is 0.875. The lowest BCUT2D eigenvalue weighted by Gasteiger charge is -2.34. The van der Waals surface area contributed by atoms with E-state index in [1.165, 1.54) is 0 Å². The molecule has 2 saturated heterocycles. The van der Waals surface area contributed by atoms with Crippen LogP contribution in [0.15, 0.2) is 0 Å². The third-order valence-corrected chi connectivity index (χ3v) is 5.08. The monoisotopic (exact) mass is 307 g/mol. The van der Waals surface area contributed by atoms with Crippen LogP contribution in [0.5, 0.6) is 0 Å². The Balaban J connectivity index is 1.42. The molecule has 3 aliphatic rings. The van der Waals surface area contributed by atoms with Crippen molar-refractivity contribution in [3.63, 3.8) is 0 Å². The topological polar surface area (TPSA) is 74.6 Å². The third kappa shape index (κ3) is 3.60. The van der Waals surface area contributed by atoms with E-state index in [0.717, 1.165) is 51.6 Å². The van der Waals surface area contributed by atoms with Crippen LogP contribution in [-0.2, 0) is 14.3 Å². The second-order valence-corrected chi connectivity index (χ2v) is 6.67. The molecule has 0 aromatic carbocycles. The van der Waals surface area contributed by atoms with E-state index < -0.39 is 5.54 Å². The predicted octanol–water partition coefficient (Wildman–Crippen LogP) is 1.02. The van der Waals surface area contributed by atoms with Gasteiger partial charge in [-0.15, -0.1) is 0 Å². The van der Waals surface area contributed by atoms with Crippen molar-refractivity contribution in [3.05, 3.63) is 0 Å². The van der Waals surface area contributed by atoms with Gasteiger partial charge in [0.05, 0.1) is 25.8 Å². The van der Waals surface area contributed by atoms with Gasteiger partial charge in [0, 0.05) is 5.92 Å². The van der Waals surface area contributed by atoms with E-state index in [0.29, 0.717) is 25.7 Å². The van der Waals surface area contributed by atoms with Crippen molar-refractivity contribution in [2.24, 2.45) is 5.92 Å². The molecule has 3 rings (SSSR count). The second kappa shape index (κ2) is 6.95. The summed E-state index contributed by atoms with van der Waals surface area (Å²) in [6.45, 7) is 3.57. The Morgan fingerprint density at radius 2 is 1.86 bits per heavy atom. The molecule has 0 spiro atoms. The Kier molecular flexibility index (Phi) is 4.97. The third-order valence-electron chi connectivity index (χ3n) is 5.08. The van der Waals surface area contributed by atoms with Crippen LogP contribution in [0.4, 0.5) is 0 Å². The van der Waals surface area contributed by atoms with E-state index in [4.69, 9.17) is 9.47 Å². The fourth-order valence-corrected chi connectivity index (χ4v) is 3.78. The number of carbonyl (C=O) groups excluding carboxylic acids is 1. The van der Waals surface area contributed by atoms with Gasteiger partial charge >= 0.3 is 0 Å². The fourth-order valence-electron chi connectivity index (χ4n) is 3.78. The van der Waals surface area contributed by atoms with E-state index in [1.54, 1.807) is 0 Å². The molecule has 0 unspecified atom stereocenters. The zero-order valence-electron chi connectivity index (χ0n) is 13.1. The van der Waals surface area contributed by atoms with Crippen molar-refractivity contribution in [2.75, 3.05) is 32.8 Å². The standard InChI is InChI=1S/C16H25N3O3/c17-12-16(5-1-2-6-16)18-14(20)11-19-7-3-13(4-8-19)15-21-9-10-22-15/h13,15H,1-11H2,(H,18,20). The maximum absolute atomic E-state index is 12.2. The Hall–Kier alpha value is -1.16. The molecule has 0 bridgehead atoms. The highest BCUT2D eigenvalue weighted by molar-refractivity contribution is 5.79. The van der Waals surface area contributed by atoms with Crippen molar-refractivity contribution < 1.29 is 14.3 Å². The van der Waals surface area contributed by atoms with Crippen molar-refractivity contribution in [3.8, 4) is 6.07 Å². The molecule has 1 N–H and O–H groups in total. The SMILES string of the molecule is N#CC1(NC(=O)CN2CCC(C3OCCO3)CC2)CCCC1. The Morgan fingerprint density at radius 1 is 1.23 bits per heavy atom. The average molecular weight is 307 g/mol.